The second kappa shape index (κ2) is 5.40. The molecule has 1 aromatic carbocycles. The van der Waals surface area contributed by atoms with Crippen LogP contribution in [-0.2, 0) is 0 Å². The van der Waals surface area contributed by atoms with Crippen molar-refractivity contribution in [3.8, 4) is 0 Å². The number of nitrogens with one attached hydrogen (secondary N) is 2. The molecule has 1 atom stereocenters. The van der Waals surface area contributed by atoms with E-state index in [-0.39, 0.29) is 5.91 Å². The van der Waals surface area contributed by atoms with Crippen molar-refractivity contribution in [3.63, 3.8) is 0 Å². The van der Waals surface area contributed by atoms with Gasteiger partial charge in [-0.15, -0.1) is 0 Å². The van der Waals surface area contributed by atoms with E-state index >= 15 is 0 Å². The minimum atomic E-state index is -0.0402. The second-order valence-electron chi connectivity index (χ2n) is 5.00. The molecule has 0 radical (unpaired) electrons. The fraction of sp³-hybridized carbons (Fsp3) is 0.500. The minimum Gasteiger partial charge on any atom is -0.381 e. The quantitative estimate of drug-likeness (QED) is 0.850. The first-order valence-electron chi connectivity index (χ1n) is 6.38. The average molecular weight is 247 g/mol. The molecule has 1 aliphatic rings. The zero-order valence-electron chi connectivity index (χ0n) is 11.3. The van der Waals surface area contributed by atoms with Crippen molar-refractivity contribution in [3.05, 3.63) is 29.3 Å². The summed E-state index contributed by atoms with van der Waals surface area (Å²) < 4.78 is 0. The van der Waals surface area contributed by atoms with Gasteiger partial charge in [-0.1, -0.05) is 6.07 Å². The first-order valence-corrected chi connectivity index (χ1v) is 6.38. The molecule has 1 fully saturated rings. The lowest BCUT2D eigenvalue weighted by Gasteiger charge is -2.17. The molecule has 2 N–H and O–H groups in total. The number of likely N-dealkylation sites (tertiary alicyclic amines) is 1. The van der Waals surface area contributed by atoms with Crippen molar-refractivity contribution >= 4 is 11.6 Å². The normalized spacial score (nSPS) is 19.8. The van der Waals surface area contributed by atoms with Crippen LogP contribution in [0.4, 0.5) is 5.69 Å². The predicted molar refractivity (Wildman–Crippen MR) is 74.1 cm³/mol. The number of hydrogen-bond acceptors (Lipinski definition) is 3. The summed E-state index contributed by atoms with van der Waals surface area (Å²) in [6, 6.07) is 6.27. The Kier molecular flexibility index (Phi) is 3.87. The molecule has 2 rings (SSSR count). The Morgan fingerprint density at radius 3 is 2.83 bits per heavy atom. The molecule has 1 heterocycles. The topological polar surface area (TPSA) is 44.4 Å². The van der Waals surface area contributed by atoms with Crippen LogP contribution in [-0.4, -0.2) is 44.0 Å². The van der Waals surface area contributed by atoms with Gasteiger partial charge < -0.3 is 15.5 Å². The number of anilines is 1. The Bertz CT molecular complexity index is 445. The Morgan fingerprint density at radius 1 is 1.44 bits per heavy atom. The monoisotopic (exact) mass is 247 g/mol. The molecule has 0 aromatic heterocycles. The molecule has 1 unspecified atom stereocenters. The van der Waals surface area contributed by atoms with Crippen molar-refractivity contribution in [1.29, 1.82) is 0 Å². The highest BCUT2D eigenvalue weighted by Crippen LogP contribution is 2.20. The number of benzene rings is 1. The van der Waals surface area contributed by atoms with Gasteiger partial charge in [0.25, 0.3) is 5.91 Å². The largest absolute Gasteiger partial charge is 0.381 e. The van der Waals surface area contributed by atoms with Crippen LogP contribution < -0.4 is 10.6 Å². The maximum Gasteiger partial charge on any atom is 0.251 e. The molecule has 1 amide bonds. The summed E-state index contributed by atoms with van der Waals surface area (Å²) in [5.41, 5.74) is 2.95. The summed E-state index contributed by atoms with van der Waals surface area (Å²) in [6.45, 7) is 4.25. The molecule has 4 heteroatoms. The number of carbonyl (C=O) groups excluding carboxylic acids is 1. The summed E-state index contributed by atoms with van der Waals surface area (Å²) in [7, 11) is 3.79. The fourth-order valence-corrected chi connectivity index (χ4v) is 2.34. The van der Waals surface area contributed by atoms with Gasteiger partial charge in [-0.05, 0) is 44.6 Å². The van der Waals surface area contributed by atoms with Gasteiger partial charge >= 0.3 is 0 Å². The Balaban J connectivity index is 2.13. The van der Waals surface area contributed by atoms with E-state index in [0.29, 0.717) is 11.6 Å². The SMILES string of the molecule is CNC(=O)c1ccc(C)c(NC2CCN(C)C2)c1. The van der Waals surface area contributed by atoms with E-state index in [1.165, 1.54) is 5.56 Å². The van der Waals surface area contributed by atoms with E-state index in [0.717, 1.165) is 25.2 Å². The molecule has 0 aliphatic carbocycles. The molecule has 1 saturated heterocycles. The zero-order valence-corrected chi connectivity index (χ0v) is 11.3. The predicted octanol–water partition coefficient (Wildman–Crippen LogP) is 1.47. The highest BCUT2D eigenvalue weighted by Gasteiger charge is 2.19. The number of rotatable bonds is 3. The van der Waals surface area contributed by atoms with Gasteiger partial charge in [-0.25, -0.2) is 0 Å². The molecule has 0 saturated carbocycles. The Hall–Kier alpha value is -1.55. The van der Waals surface area contributed by atoms with Crippen LogP contribution in [0.2, 0.25) is 0 Å². The summed E-state index contributed by atoms with van der Waals surface area (Å²) >= 11 is 0. The minimum absolute atomic E-state index is 0.0402. The third kappa shape index (κ3) is 2.82. The number of aryl methyl sites for hydroxylation is 1. The lowest BCUT2D eigenvalue weighted by Crippen LogP contribution is -2.24. The molecule has 98 valence electrons. The van der Waals surface area contributed by atoms with Gasteiger partial charge in [0, 0.05) is 30.9 Å². The number of hydrogen-bond donors (Lipinski definition) is 2. The fourth-order valence-electron chi connectivity index (χ4n) is 2.34. The number of nitrogens with zero attached hydrogens (tertiary/aromatic N) is 1. The molecule has 0 bridgehead atoms. The van der Waals surface area contributed by atoms with E-state index in [2.05, 4.69) is 29.5 Å². The standard InChI is InChI=1S/C14H21N3O/c1-10-4-5-11(14(18)15-2)8-13(10)16-12-6-7-17(3)9-12/h4-5,8,12,16H,6-7,9H2,1-3H3,(H,15,18). The third-order valence-electron chi connectivity index (χ3n) is 3.48. The Morgan fingerprint density at radius 2 is 2.22 bits per heavy atom. The van der Waals surface area contributed by atoms with Crippen LogP contribution >= 0.6 is 0 Å². The van der Waals surface area contributed by atoms with Crippen molar-refractivity contribution in [2.45, 2.75) is 19.4 Å². The molecule has 18 heavy (non-hydrogen) atoms. The summed E-state index contributed by atoms with van der Waals surface area (Å²) in [5.74, 6) is -0.0402. The van der Waals surface area contributed by atoms with Gasteiger partial charge in [0.05, 0.1) is 0 Å². The van der Waals surface area contributed by atoms with E-state index in [1.807, 2.05) is 18.2 Å². The van der Waals surface area contributed by atoms with Gasteiger partial charge in [0.15, 0.2) is 0 Å². The van der Waals surface area contributed by atoms with Crippen LogP contribution in [0.1, 0.15) is 22.3 Å². The summed E-state index contributed by atoms with van der Waals surface area (Å²) in [6.07, 6.45) is 1.15. The van der Waals surface area contributed by atoms with E-state index in [1.54, 1.807) is 7.05 Å². The molecular formula is C14H21N3O. The van der Waals surface area contributed by atoms with Crippen LogP contribution in [0.15, 0.2) is 18.2 Å². The van der Waals surface area contributed by atoms with Crippen LogP contribution in [0.5, 0.6) is 0 Å². The molecule has 1 aliphatic heterocycles. The Labute approximate surface area is 108 Å². The molecular weight excluding hydrogens is 226 g/mol. The number of likely N-dealkylation sites (N-methyl/N-ethyl adjacent to an activating group) is 1. The van der Waals surface area contributed by atoms with Crippen LogP contribution in [0.3, 0.4) is 0 Å². The van der Waals surface area contributed by atoms with E-state index in [4.69, 9.17) is 0 Å². The first-order chi connectivity index (χ1) is 8.60. The number of amides is 1. The maximum absolute atomic E-state index is 11.6. The van der Waals surface area contributed by atoms with Crippen molar-refractivity contribution in [1.82, 2.24) is 10.2 Å². The van der Waals surface area contributed by atoms with Gasteiger partial charge in [0.2, 0.25) is 0 Å². The number of carbonyl (C=O) groups is 1. The maximum atomic E-state index is 11.6. The summed E-state index contributed by atoms with van der Waals surface area (Å²) in [5, 5.41) is 6.19. The first kappa shape index (κ1) is 12.9. The van der Waals surface area contributed by atoms with Gasteiger partial charge in [-0.3, -0.25) is 4.79 Å². The van der Waals surface area contributed by atoms with Crippen molar-refractivity contribution in [2.75, 3.05) is 32.5 Å². The molecule has 0 spiro atoms. The molecule has 4 nitrogen and oxygen atoms in total. The zero-order chi connectivity index (χ0) is 13.1. The summed E-state index contributed by atoms with van der Waals surface area (Å²) in [4.78, 5) is 13.9. The lowest BCUT2D eigenvalue weighted by atomic mass is 10.1. The van der Waals surface area contributed by atoms with Crippen LogP contribution in [0.25, 0.3) is 0 Å². The highest BCUT2D eigenvalue weighted by molar-refractivity contribution is 5.95. The van der Waals surface area contributed by atoms with E-state index in [9.17, 15) is 4.79 Å². The van der Waals surface area contributed by atoms with Crippen molar-refractivity contribution < 1.29 is 4.79 Å². The van der Waals surface area contributed by atoms with Crippen LogP contribution in [0, 0.1) is 6.92 Å². The second-order valence-corrected chi connectivity index (χ2v) is 5.00. The van der Waals surface area contributed by atoms with Gasteiger partial charge in [-0.2, -0.15) is 0 Å². The smallest absolute Gasteiger partial charge is 0.251 e. The average Bonchev–Trinajstić information content (AvgIpc) is 2.76. The lowest BCUT2D eigenvalue weighted by molar-refractivity contribution is 0.0963. The molecule has 1 aromatic rings. The van der Waals surface area contributed by atoms with E-state index < -0.39 is 0 Å². The highest BCUT2D eigenvalue weighted by atomic mass is 16.1. The van der Waals surface area contributed by atoms with Gasteiger partial charge in [0.1, 0.15) is 0 Å². The van der Waals surface area contributed by atoms with Crippen molar-refractivity contribution in [2.24, 2.45) is 0 Å². The third-order valence-corrected chi connectivity index (χ3v) is 3.48.